The van der Waals surface area contributed by atoms with Gasteiger partial charge in [-0.25, -0.2) is 0 Å². The van der Waals surface area contributed by atoms with E-state index < -0.39 is 0 Å². The molecule has 5 rings (SSSR count). The Labute approximate surface area is 186 Å². The van der Waals surface area contributed by atoms with Crippen LogP contribution in [-0.4, -0.2) is 4.57 Å². The van der Waals surface area contributed by atoms with Crippen molar-refractivity contribution < 1.29 is 0 Å². The lowest BCUT2D eigenvalue weighted by Gasteiger charge is -2.05. The van der Waals surface area contributed by atoms with Gasteiger partial charge in [-0.2, -0.15) is 5.26 Å². The SMILES string of the molecule is N#C/C(=C/c1cn(Cc2ccc(Cl)cc2)c2ccccc12)c1ccc2ccccc2c1. The van der Waals surface area contributed by atoms with E-state index in [-0.39, 0.29) is 0 Å². The van der Waals surface area contributed by atoms with E-state index in [0.29, 0.717) is 5.57 Å². The van der Waals surface area contributed by atoms with E-state index in [0.717, 1.165) is 39.0 Å². The van der Waals surface area contributed by atoms with E-state index in [9.17, 15) is 5.26 Å². The standard InChI is InChI=1S/C28H19ClN2/c29-26-13-9-20(10-14-26)18-31-19-25(27-7-3-4-8-28(27)31)16-24(17-30)23-12-11-21-5-1-2-6-22(21)15-23/h1-16,19H,18H2/b24-16-. The third kappa shape index (κ3) is 3.84. The molecule has 0 fully saturated rings. The Hall–Kier alpha value is -3.80. The summed E-state index contributed by atoms with van der Waals surface area (Å²) in [5, 5.41) is 14.1. The molecule has 0 saturated carbocycles. The Morgan fingerprint density at radius 2 is 1.61 bits per heavy atom. The van der Waals surface area contributed by atoms with Gasteiger partial charge in [0.1, 0.15) is 0 Å². The second-order valence-electron chi connectivity index (χ2n) is 7.59. The number of nitrogens with zero attached hydrogens (tertiary/aromatic N) is 2. The van der Waals surface area contributed by atoms with Crippen molar-refractivity contribution >= 4 is 44.9 Å². The molecule has 5 aromatic rings. The summed E-state index contributed by atoms with van der Waals surface area (Å²) in [7, 11) is 0. The highest BCUT2D eigenvalue weighted by Gasteiger charge is 2.10. The normalized spacial score (nSPS) is 11.7. The van der Waals surface area contributed by atoms with E-state index in [2.05, 4.69) is 53.2 Å². The van der Waals surface area contributed by atoms with Gasteiger partial charge in [-0.1, -0.05) is 78.3 Å². The van der Waals surface area contributed by atoms with Gasteiger partial charge in [0.2, 0.25) is 0 Å². The van der Waals surface area contributed by atoms with Crippen molar-refractivity contribution in [2.24, 2.45) is 0 Å². The summed E-state index contributed by atoms with van der Waals surface area (Å²) in [6.45, 7) is 0.739. The highest BCUT2D eigenvalue weighted by atomic mass is 35.5. The lowest BCUT2D eigenvalue weighted by Crippen LogP contribution is -1.97. The maximum absolute atomic E-state index is 9.92. The van der Waals surface area contributed by atoms with Crippen molar-refractivity contribution in [2.45, 2.75) is 6.54 Å². The number of allylic oxidation sites excluding steroid dienone is 1. The zero-order valence-corrected chi connectivity index (χ0v) is 17.6. The smallest absolute Gasteiger partial charge is 0.0998 e. The van der Waals surface area contributed by atoms with Crippen molar-refractivity contribution in [2.75, 3.05) is 0 Å². The van der Waals surface area contributed by atoms with Crippen LogP contribution in [0.15, 0.2) is 97.2 Å². The van der Waals surface area contributed by atoms with Crippen LogP contribution >= 0.6 is 11.6 Å². The molecule has 31 heavy (non-hydrogen) atoms. The molecule has 1 heterocycles. The third-order valence-electron chi connectivity index (χ3n) is 5.57. The minimum absolute atomic E-state index is 0.653. The van der Waals surface area contributed by atoms with Crippen LogP contribution in [0.4, 0.5) is 0 Å². The molecule has 0 aliphatic heterocycles. The average Bonchev–Trinajstić information content (AvgIpc) is 3.16. The number of rotatable bonds is 4. The molecule has 0 unspecified atom stereocenters. The lowest BCUT2D eigenvalue weighted by molar-refractivity contribution is 0.836. The monoisotopic (exact) mass is 418 g/mol. The Morgan fingerprint density at radius 1 is 0.871 bits per heavy atom. The predicted molar refractivity (Wildman–Crippen MR) is 130 cm³/mol. The van der Waals surface area contributed by atoms with E-state index in [1.54, 1.807) is 0 Å². The lowest BCUT2D eigenvalue weighted by atomic mass is 10.00. The first kappa shape index (κ1) is 19.2. The van der Waals surface area contributed by atoms with Crippen LogP contribution in [0.5, 0.6) is 0 Å². The number of aromatic nitrogens is 1. The van der Waals surface area contributed by atoms with Gasteiger partial charge in [0.15, 0.2) is 0 Å². The maximum Gasteiger partial charge on any atom is 0.0998 e. The van der Waals surface area contributed by atoms with Crippen molar-refractivity contribution in [1.29, 1.82) is 5.26 Å². The van der Waals surface area contributed by atoms with Crippen LogP contribution in [0.25, 0.3) is 33.3 Å². The minimum Gasteiger partial charge on any atom is -0.342 e. The molecular weight excluding hydrogens is 400 g/mol. The van der Waals surface area contributed by atoms with E-state index >= 15 is 0 Å². The van der Waals surface area contributed by atoms with Gasteiger partial charge < -0.3 is 4.57 Å². The zero-order chi connectivity index (χ0) is 21.2. The van der Waals surface area contributed by atoms with Gasteiger partial charge in [0, 0.05) is 34.2 Å². The first-order valence-corrected chi connectivity index (χ1v) is 10.5. The minimum atomic E-state index is 0.653. The Kier molecular flexibility index (Phi) is 5.04. The van der Waals surface area contributed by atoms with Crippen LogP contribution < -0.4 is 0 Å². The van der Waals surface area contributed by atoms with Crippen molar-refractivity contribution in [3.63, 3.8) is 0 Å². The molecule has 0 radical (unpaired) electrons. The number of fused-ring (bicyclic) bond motifs is 2. The molecule has 3 heteroatoms. The summed E-state index contributed by atoms with van der Waals surface area (Å²) in [6.07, 6.45) is 4.11. The van der Waals surface area contributed by atoms with Crippen molar-refractivity contribution in [3.8, 4) is 6.07 Å². The highest BCUT2D eigenvalue weighted by molar-refractivity contribution is 6.30. The fourth-order valence-corrected chi connectivity index (χ4v) is 4.13. The second-order valence-corrected chi connectivity index (χ2v) is 8.02. The van der Waals surface area contributed by atoms with Gasteiger partial charge in [-0.3, -0.25) is 0 Å². The first-order valence-electron chi connectivity index (χ1n) is 10.1. The molecule has 148 valence electrons. The quantitative estimate of drug-likeness (QED) is 0.277. The highest BCUT2D eigenvalue weighted by Crippen LogP contribution is 2.28. The average molecular weight is 419 g/mol. The summed E-state index contributed by atoms with van der Waals surface area (Å²) in [6, 6.07) is 33.0. The summed E-state index contributed by atoms with van der Waals surface area (Å²) in [4.78, 5) is 0. The van der Waals surface area contributed by atoms with Crippen LogP contribution in [0.1, 0.15) is 16.7 Å². The third-order valence-corrected chi connectivity index (χ3v) is 5.82. The molecule has 0 aliphatic carbocycles. The number of benzene rings is 4. The fourth-order valence-electron chi connectivity index (χ4n) is 4.00. The predicted octanol–water partition coefficient (Wildman–Crippen LogP) is 7.56. The Bertz CT molecular complexity index is 1470. The van der Waals surface area contributed by atoms with Crippen LogP contribution in [-0.2, 0) is 6.54 Å². The fraction of sp³-hybridized carbons (Fsp3) is 0.0357. The molecule has 2 nitrogen and oxygen atoms in total. The molecule has 1 aromatic heterocycles. The van der Waals surface area contributed by atoms with E-state index in [1.807, 2.05) is 60.7 Å². The molecule has 4 aromatic carbocycles. The molecule has 0 atom stereocenters. The van der Waals surface area contributed by atoms with Crippen molar-refractivity contribution in [1.82, 2.24) is 4.57 Å². The van der Waals surface area contributed by atoms with Gasteiger partial charge in [-0.15, -0.1) is 0 Å². The topological polar surface area (TPSA) is 28.7 Å². The van der Waals surface area contributed by atoms with Gasteiger partial charge in [-0.05, 0) is 52.2 Å². The number of nitriles is 1. The molecule has 0 amide bonds. The second kappa shape index (κ2) is 8.14. The summed E-state index contributed by atoms with van der Waals surface area (Å²) < 4.78 is 2.22. The Morgan fingerprint density at radius 3 is 2.42 bits per heavy atom. The number of para-hydroxylation sites is 1. The van der Waals surface area contributed by atoms with E-state index in [4.69, 9.17) is 11.6 Å². The molecular formula is C28H19ClN2. The Balaban J connectivity index is 1.59. The van der Waals surface area contributed by atoms with Crippen molar-refractivity contribution in [3.05, 3.63) is 119 Å². The van der Waals surface area contributed by atoms with Crippen LogP contribution in [0.2, 0.25) is 5.02 Å². The van der Waals surface area contributed by atoms with Crippen LogP contribution in [0.3, 0.4) is 0 Å². The molecule has 0 N–H and O–H groups in total. The molecule has 0 aliphatic rings. The molecule has 0 spiro atoms. The number of hydrogen-bond acceptors (Lipinski definition) is 1. The molecule has 0 bridgehead atoms. The maximum atomic E-state index is 9.92. The zero-order valence-electron chi connectivity index (χ0n) is 16.8. The first-order chi connectivity index (χ1) is 15.2. The number of hydrogen-bond donors (Lipinski definition) is 0. The number of halogens is 1. The van der Waals surface area contributed by atoms with Gasteiger partial charge in [0.25, 0.3) is 0 Å². The summed E-state index contributed by atoms with van der Waals surface area (Å²) >= 11 is 6.04. The molecule has 0 saturated heterocycles. The summed E-state index contributed by atoms with van der Waals surface area (Å²) in [5.74, 6) is 0. The van der Waals surface area contributed by atoms with Gasteiger partial charge in [0.05, 0.1) is 11.6 Å². The van der Waals surface area contributed by atoms with Crippen LogP contribution in [0, 0.1) is 11.3 Å². The van der Waals surface area contributed by atoms with E-state index in [1.165, 1.54) is 10.9 Å². The largest absolute Gasteiger partial charge is 0.342 e. The summed E-state index contributed by atoms with van der Waals surface area (Å²) in [5.41, 5.74) is 4.93. The van der Waals surface area contributed by atoms with Gasteiger partial charge >= 0.3 is 0 Å².